The van der Waals surface area contributed by atoms with Crippen molar-refractivity contribution < 1.29 is 31.5 Å². The van der Waals surface area contributed by atoms with Crippen LogP contribution in [0.25, 0.3) is 10.9 Å². The summed E-state index contributed by atoms with van der Waals surface area (Å²) in [5.41, 5.74) is 2.96. The van der Waals surface area contributed by atoms with Gasteiger partial charge in [0, 0.05) is 29.8 Å². The van der Waals surface area contributed by atoms with Crippen molar-refractivity contribution >= 4 is 38.3 Å². The van der Waals surface area contributed by atoms with E-state index in [4.69, 9.17) is 14.5 Å². The Labute approximate surface area is 240 Å². The molecule has 0 atom stereocenters. The molecule has 0 radical (unpaired) electrons. The Balaban J connectivity index is 1.20. The predicted molar refractivity (Wildman–Crippen MR) is 150 cm³/mol. The molecule has 6 rings (SSSR count). The monoisotopic (exact) mass is 595 g/mol. The first-order valence-corrected chi connectivity index (χ1v) is 15.1. The summed E-state index contributed by atoms with van der Waals surface area (Å²) in [7, 11) is -3.54. The van der Waals surface area contributed by atoms with Crippen LogP contribution in [0.4, 0.5) is 20.4 Å². The van der Waals surface area contributed by atoms with Crippen molar-refractivity contribution in [1.82, 2.24) is 20.3 Å². The number of nitrogens with one attached hydrogen (secondary N) is 1. The maximum Gasteiger partial charge on any atom is 0.272 e. The van der Waals surface area contributed by atoms with Crippen LogP contribution in [0.1, 0.15) is 33.6 Å². The fourth-order valence-corrected chi connectivity index (χ4v) is 6.40. The number of carbonyl (C=O) groups is 1. The number of fused-ring (bicyclic) bond motifs is 3. The van der Waals surface area contributed by atoms with Crippen molar-refractivity contribution in [3.8, 4) is 5.88 Å². The van der Waals surface area contributed by atoms with E-state index in [1.807, 2.05) is 23.1 Å². The molecule has 0 spiro atoms. The topological polar surface area (TPSA) is 124 Å². The lowest BCUT2D eigenvalue weighted by Gasteiger charge is -2.29. The molecule has 4 aromatic rings. The molecule has 2 aliphatic heterocycles. The van der Waals surface area contributed by atoms with Crippen LogP contribution in [-0.2, 0) is 34.1 Å². The number of nitrogens with zero attached hydrogens (tertiary/aromatic N) is 4. The number of hydrogen-bond donors (Lipinski definition) is 1. The fraction of sp³-hybridized carbons (Fsp3) is 0.310. The van der Waals surface area contributed by atoms with Crippen molar-refractivity contribution in [2.75, 3.05) is 30.4 Å². The number of sulfone groups is 1. The average molecular weight is 596 g/mol. The standard InChI is InChI=1S/C29H27F2N5O5S/c30-25(31)17-41-27-8-6-18-2-1-9-36(28(18)35-27)26-7-5-20-14-32-22(13-23(20)34-26)15-33-29(37)19-3-4-21-16-40-10-11-42(38,39)24(21)12-19/h3-8,12-14,25H,1-2,9-11,15-17H2,(H,33,37). The predicted octanol–water partition coefficient (Wildman–Crippen LogP) is 3.99. The van der Waals surface area contributed by atoms with E-state index >= 15 is 0 Å². The normalized spacial score (nSPS) is 16.0. The third-order valence-electron chi connectivity index (χ3n) is 7.11. The Morgan fingerprint density at radius 3 is 2.81 bits per heavy atom. The molecular formula is C29H27F2N5O5S. The van der Waals surface area contributed by atoms with E-state index in [0.29, 0.717) is 35.0 Å². The number of hydrogen-bond acceptors (Lipinski definition) is 9. The number of aryl methyl sites for hydroxylation is 1. The third kappa shape index (κ3) is 5.88. The van der Waals surface area contributed by atoms with Crippen LogP contribution in [0.5, 0.6) is 5.88 Å². The van der Waals surface area contributed by atoms with E-state index in [9.17, 15) is 22.0 Å². The van der Waals surface area contributed by atoms with Crippen molar-refractivity contribution in [3.63, 3.8) is 0 Å². The Bertz CT molecular complexity index is 1770. The van der Waals surface area contributed by atoms with Gasteiger partial charge in [-0.25, -0.2) is 22.2 Å². The smallest absolute Gasteiger partial charge is 0.272 e. The quantitative estimate of drug-likeness (QED) is 0.338. The Morgan fingerprint density at radius 1 is 1.10 bits per heavy atom. The molecular weight excluding hydrogens is 568 g/mol. The molecule has 0 aliphatic carbocycles. The average Bonchev–Trinajstić information content (AvgIpc) is 3.15. The second-order valence-corrected chi connectivity index (χ2v) is 12.1. The van der Waals surface area contributed by atoms with Crippen LogP contribution in [0.2, 0.25) is 0 Å². The molecule has 0 unspecified atom stereocenters. The SMILES string of the molecule is O=C(NCc1cc2nc(N3CCCc4ccc(OCC(F)F)nc43)ccc2cn1)c1ccc2c(c1)S(=O)(=O)CCOC2. The first-order valence-electron chi connectivity index (χ1n) is 13.4. The van der Waals surface area contributed by atoms with Gasteiger partial charge in [-0.15, -0.1) is 0 Å². The molecule has 0 saturated carbocycles. The minimum absolute atomic E-state index is 0.104. The van der Waals surface area contributed by atoms with Crippen molar-refractivity contribution in [1.29, 1.82) is 0 Å². The number of alkyl halides is 2. The van der Waals surface area contributed by atoms with Gasteiger partial charge in [0.2, 0.25) is 5.88 Å². The lowest BCUT2D eigenvalue weighted by molar-refractivity contribution is 0.0796. The first kappa shape index (κ1) is 27.9. The largest absolute Gasteiger partial charge is 0.472 e. The van der Waals surface area contributed by atoms with E-state index in [1.165, 1.54) is 6.07 Å². The number of pyridine rings is 3. The van der Waals surface area contributed by atoms with E-state index in [2.05, 4.69) is 15.3 Å². The number of rotatable bonds is 7. The lowest BCUT2D eigenvalue weighted by atomic mass is 10.1. The molecule has 10 nitrogen and oxygen atoms in total. The maximum atomic E-state index is 12.9. The zero-order chi connectivity index (χ0) is 29.3. The van der Waals surface area contributed by atoms with Gasteiger partial charge in [0.05, 0.1) is 41.6 Å². The highest BCUT2D eigenvalue weighted by Crippen LogP contribution is 2.33. The van der Waals surface area contributed by atoms with E-state index in [-0.39, 0.29) is 41.9 Å². The summed E-state index contributed by atoms with van der Waals surface area (Å²) < 4.78 is 60.9. The summed E-state index contributed by atoms with van der Waals surface area (Å²) in [6.07, 6.45) is 0.749. The number of amides is 1. The Kier molecular flexibility index (Phi) is 7.69. The van der Waals surface area contributed by atoms with E-state index in [0.717, 1.165) is 23.8 Å². The van der Waals surface area contributed by atoms with Gasteiger partial charge in [-0.2, -0.15) is 4.98 Å². The molecule has 5 heterocycles. The van der Waals surface area contributed by atoms with Gasteiger partial charge in [0.1, 0.15) is 11.6 Å². The number of ether oxygens (including phenoxy) is 2. The third-order valence-corrected chi connectivity index (χ3v) is 8.87. The molecule has 1 N–H and O–H groups in total. The number of aromatic nitrogens is 3. The maximum absolute atomic E-state index is 12.9. The minimum Gasteiger partial charge on any atom is -0.472 e. The molecule has 3 aromatic heterocycles. The highest BCUT2D eigenvalue weighted by molar-refractivity contribution is 7.91. The van der Waals surface area contributed by atoms with E-state index < -0.39 is 28.8 Å². The first-order chi connectivity index (χ1) is 20.3. The summed E-state index contributed by atoms with van der Waals surface area (Å²) in [5, 5.41) is 3.60. The van der Waals surface area contributed by atoms with Crippen LogP contribution in [0.3, 0.4) is 0 Å². The zero-order valence-corrected chi connectivity index (χ0v) is 23.2. The highest BCUT2D eigenvalue weighted by atomic mass is 32.2. The molecule has 1 amide bonds. The molecule has 1 aromatic carbocycles. The van der Waals surface area contributed by atoms with Gasteiger partial charge in [-0.1, -0.05) is 6.07 Å². The number of halogens is 2. The van der Waals surface area contributed by atoms with Gasteiger partial charge < -0.3 is 19.7 Å². The van der Waals surface area contributed by atoms with Gasteiger partial charge >= 0.3 is 0 Å². The molecule has 0 fully saturated rings. The van der Waals surface area contributed by atoms with Crippen LogP contribution in [-0.4, -0.2) is 61.2 Å². The molecule has 218 valence electrons. The zero-order valence-electron chi connectivity index (χ0n) is 22.4. The minimum atomic E-state index is -3.54. The number of anilines is 2. The van der Waals surface area contributed by atoms with Crippen LogP contribution in [0, 0.1) is 0 Å². The molecule has 42 heavy (non-hydrogen) atoms. The second kappa shape index (κ2) is 11.6. The second-order valence-electron chi connectivity index (χ2n) is 10.0. The summed E-state index contributed by atoms with van der Waals surface area (Å²) in [4.78, 5) is 28.7. The van der Waals surface area contributed by atoms with Crippen molar-refractivity contribution in [3.05, 3.63) is 77.1 Å². The Morgan fingerprint density at radius 2 is 1.95 bits per heavy atom. The summed E-state index contributed by atoms with van der Waals surface area (Å²) in [6, 6.07) is 13.5. The van der Waals surface area contributed by atoms with Gasteiger partial charge in [-0.3, -0.25) is 9.78 Å². The molecule has 0 bridgehead atoms. The molecule has 13 heteroatoms. The van der Waals surface area contributed by atoms with Crippen LogP contribution >= 0.6 is 0 Å². The van der Waals surface area contributed by atoms with Crippen molar-refractivity contribution in [2.45, 2.75) is 37.3 Å². The molecule has 0 saturated heterocycles. The summed E-state index contributed by atoms with van der Waals surface area (Å²) in [6.45, 7) is 0.311. The highest BCUT2D eigenvalue weighted by Gasteiger charge is 2.24. The van der Waals surface area contributed by atoms with Crippen molar-refractivity contribution in [2.24, 2.45) is 0 Å². The van der Waals surface area contributed by atoms with Gasteiger partial charge in [0.25, 0.3) is 12.3 Å². The van der Waals surface area contributed by atoms with Gasteiger partial charge in [-0.05, 0) is 60.4 Å². The van der Waals surface area contributed by atoms with Crippen LogP contribution < -0.4 is 15.0 Å². The number of carbonyl (C=O) groups excluding carboxylic acids is 1. The summed E-state index contributed by atoms with van der Waals surface area (Å²) >= 11 is 0. The number of benzene rings is 1. The Hall–Kier alpha value is -4.23. The lowest BCUT2D eigenvalue weighted by Crippen LogP contribution is -2.26. The van der Waals surface area contributed by atoms with E-state index in [1.54, 1.807) is 30.5 Å². The summed E-state index contributed by atoms with van der Waals surface area (Å²) in [5.74, 6) is 0.828. The van der Waals surface area contributed by atoms with Gasteiger partial charge in [0.15, 0.2) is 16.4 Å². The molecule has 2 aliphatic rings. The van der Waals surface area contributed by atoms with Crippen LogP contribution in [0.15, 0.2) is 59.6 Å². The fourth-order valence-electron chi connectivity index (χ4n) is 5.01.